The first-order valence-corrected chi connectivity index (χ1v) is 7.49. The zero-order chi connectivity index (χ0) is 15.2. The van der Waals surface area contributed by atoms with Crippen LogP contribution in [0.1, 0.15) is 23.6 Å². The number of benzene rings is 1. The second kappa shape index (κ2) is 7.64. The lowest BCUT2D eigenvalue weighted by molar-refractivity contribution is 0.136. The van der Waals surface area contributed by atoms with Gasteiger partial charge < -0.3 is 19.9 Å². The van der Waals surface area contributed by atoms with Crippen LogP contribution >= 0.6 is 0 Å². The first-order chi connectivity index (χ1) is 10.2. The molecule has 1 saturated heterocycles. The minimum absolute atomic E-state index is 0.114. The van der Waals surface area contributed by atoms with Crippen molar-refractivity contribution in [3.05, 3.63) is 23.3 Å². The van der Waals surface area contributed by atoms with E-state index in [0.29, 0.717) is 6.42 Å². The zero-order valence-electron chi connectivity index (χ0n) is 13.2. The van der Waals surface area contributed by atoms with Gasteiger partial charge in [0.05, 0.1) is 19.8 Å². The molecule has 2 N–H and O–H groups in total. The average Bonchev–Trinajstić information content (AvgIpc) is 2.53. The fourth-order valence-corrected chi connectivity index (χ4v) is 3.02. The molecule has 5 heteroatoms. The van der Waals surface area contributed by atoms with Crippen molar-refractivity contribution in [3.63, 3.8) is 0 Å². The monoisotopic (exact) mass is 294 g/mol. The van der Waals surface area contributed by atoms with Gasteiger partial charge in [0, 0.05) is 38.8 Å². The van der Waals surface area contributed by atoms with E-state index in [0.717, 1.165) is 48.8 Å². The fraction of sp³-hybridized carbons (Fsp3) is 0.625. The molecule has 1 heterocycles. The minimum Gasteiger partial charge on any atom is -0.496 e. The van der Waals surface area contributed by atoms with Crippen molar-refractivity contribution in [2.24, 2.45) is 0 Å². The number of nitrogens with zero attached hydrogens (tertiary/aromatic N) is 1. The second-order valence-electron chi connectivity index (χ2n) is 5.40. The maximum Gasteiger partial charge on any atom is 0.127 e. The zero-order valence-corrected chi connectivity index (χ0v) is 13.2. The van der Waals surface area contributed by atoms with Gasteiger partial charge in [0.2, 0.25) is 0 Å². The molecule has 0 unspecified atom stereocenters. The summed E-state index contributed by atoms with van der Waals surface area (Å²) in [6.45, 7) is 6.04. The summed E-state index contributed by atoms with van der Waals surface area (Å²) in [5.41, 5.74) is 2.15. The van der Waals surface area contributed by atoms with E-state index >= 15 is 0 Å². The first kappa shape index (κ1) is 16.1. The number of hydrogen-bond acceptors (Lipinski definition) is 5. The van der Waals surface area contributed by atoms with Crippen LogP contribution in [0.3, 0.4) is 0 Å². The van der Waals surface area contributed by atoms with Crippen LogP contribution in [0, 0.1) is 6.92 Å². The van der Waals surface area contributed by atoms with E-state index in [1.807, 2.05) is 19.1 Å². The molecule has 1 fully saturated rings. The van der Waals surface area contributed by atoms with Gasteiger partial charge in [0.15, 0.2) is 0 Å². The summed E-state index contributed by atoms with van der Waals surface area (Å²) in [6.07, 6.45) is 0.676. The van der Waals surface area contributed by atoms with Gasteiger partial charge in [-0.1, -0.05) is 0 Å². The molecular weight excluding hydrogens is 268 g/mol. The van der Waals surface area contributed by atoms with E-state index in [-0.39, 0.29) is 12.6 Å². The SMILES string of the molecule is COc1cc(C)cc(OC)c1[C@H](CCO)N1CCNCC1. The maximum atomic E-state index is 9.49. The van der Waals surface area contributed by atoms with Gasteiger partial charge in [-0.25, -0.2) is 0 Å². The molecule has 21 heavy (non-hydrogen) atoms. The van der Waals surface area contributed by atoms with Gasteiger partial charge in [0.25, 0.3) is 0 Å². The van der Waals surface area contributed by atoms with Crippen molar-refractivity contribution in [2.75, 3.05) is 47.0 Å². The third-order valence-corrected chi connectivity index (χ3v) is 4.02. The average molecular weight is 294 g/mol. The highest BCUT2D eigenvalue weighted by atomic mass is 16.5. The Morgan fingerprint density at radius 2 is 1.76 bits per heavy atom. The molecule has 5 nitrogen and oxygen atoms in total. The lowest BCUT2D eigenvalue weighted by Gasteiger charge is -2.36. The predicted molar refractivity (Wildman–Crippen MR) is 83.2 cm³/mol. The number of ether oxygens (including phenoxy) is 2. The van der Waals surface area contributed by atoms with Gasteiger partial charge in [-0.15, -0.1) is 0 Å². The molecule has 0 aromatic heterocycles. The van der Waals surface area contributed by atoms with E-state index in [9.17, 15) is 5.11 Å². The molecule has 2 rings (SSSR count). The minimum atomic E-state index is 0.114. The Bertz CT molecular complexity index is 434. The number of aryl methyl sites for hydroxylation is 1. The standard InChI is InChI=1S/C16H26N2O3/c1-12-10-14(20-2)16(15(11-12)21-3)13(4-9-19)18-7-5-17-6-8-18/h10-11,13,17,19H,4-9H2,1-3H3/t13-/m0/s1. The highest BCUT2D eigenvalue weighted by Crippen LogP contribution is 2.39. The van der Waals surface area contributed by atoms with Crippen LogP contribution in [0.5, 0.6) is 11.5 Å². The van der Waals surface area contributed by atoms with Gasteiger partial charge in [0.1, 0.15) is 11.5 Å². The van der Waals surface area contributed by atoms with Crippen LogP contribution < -0.4 is 14.8 Å². The summed E-state index contributed by atoms with van der Waals surface area (Å²) in [5, 5.41) is 12.8. The summed E-state index contributed by atoms with van der Waals surface area (Å²) in [7, 11) is 3.37. The molecule has 0 spiro atoms. The van der Waals surface area contributed by atoms with Gasteiger partial charge >= 0.3 is 0 Å². The van der Waals surface area contributed by atoms with Crippen LogP contribution in [0.15, 0.2) is 12.1 Å². The van der Waals surface area contributed by atoms with Crippen LogP contribution in [0.2, 0.25) is 0 Å². The lowest BCUT2D eigenvalue weighted by atomic mass is 9.97. The topological polar surface area (TPSA) is 54.0 Å². The van der Waals surface area contributed by atoms with Gasteiger partial charge in [-0.2, -0.15) is 0 Å². The van der Waals surface area contributed by atoms with Crippen LogP contribution in [0.25, 0.3) is 0 Å². The molecule has 0 amide bonds. The van der Waals surface area contributed by atoms with Crippen LogP contribution in [-0.4, -0.2) is 57.0 Å². The van der Waals surface area contributed by atoms with Crippen molar-refractivity contribution in [1.29, 1.82) is 0 Å². The van der Waals surface area contributed by atoms with E-state index in [1.54, 1.807) is 14.2 Å². The summed E-state index contributed by atoms with van der Waals surface area (Å²) < 4.78 is 11.2. The summed E-state index contributed by atoms with van der Waals surface area (Å²) >= 11 is 0. The number of aliphatic hydroxyl groups excluding tert-OH is 1. The lowest BCUT2D eigenvalue weighted by Crippen LogP contribution is -2.45. The highest BCUT2D eigenvalue weighted by Gasteiger charge is 2.27. The number of hydrogen-bond donors (Lipinski definition) is 2. The van der Waals surface area contributed by atoms with E-state index in [1.165, 1.54) is 0 Å². The van der Waals surface area contributed by atoms with Crippen molar-refractivity contribution in [2.45, 2.75) is 19.4 Å². The summed E-state index contributed by atoms with van der Waals surface area (Å²) in [5.74, 6) is 1.67. The molecule has 1 aromatic carbocycles. The number of methoxy groups -OCH3 is 2. The maximum absolute atomic E-state index is 9.49. The molecule has 0 radical (unpaired) electrons. The second-order valence-corrected chi connectivity index (χ2v) is 5.40. The predicted octanol–water partition coefficient (Wildman–Crippen LogP) is 1.34. The quantitative estimate of drug-likeness (QED) is 0.829. The number of aliphatic hydroxyl groups is 1. The third-order valence-electron chi connectivity index (χ3n) is 4.02. The van der Waals surface area contributed by atoms with E-state index in [4.69, 9.17) is 9.47 Å². The summed E-state index contributed by atoms with van der Waals surface area (Å²) in [4.78, 5) is 2.39. The molecule has 1 aliphatic heterocycles. The molecule has 1 atom stereocenters. The van der Waals surface area contributed by atoms with Gasteiger partial charge in [-0.05, 0) is 31.0 Å². The van der Waals surface area contributed by atoms with Crippen LogP contribution in [0.4, 0.5) is 0 Å². The Kier molecular flexibility index (Phi) is 5.85. The Morgan fingerprint density at radius 3 is 2.24 bits per heavy atom. The van der Waals surface area contributed by atoms with Crippen molar-refractivity contribution in [1.82, 2.24) is 10.2 Å². The number of rotatable bonds is 6. The fourth-order valence-electron chi connectivity index (χ4n) is 3.02. The van der Waals surface area contributed by atoms with E-state index in [2.05, 4.69) is 10.2 Å². The molecule has 1 aromatic rings. The number of nitrogens with one attached hydrogen (secondary N) is 1. The first-order valence-electron chi connectivity index (χ1n) is 7.49. The van der Waals surface area contributed by atoms with Crippen molar-refractivity contribution < 1.29 is 14.6 Å². The molecule has 0 saturated carbocycles. The Balaban J connectivity index is 2.42. The van der Waals surface area contributed by atoms with Crippen molar-refractivity contribution >= 4 is 0 Å². The Morgan fingerprint density at radius 1 is 1.19 bits per heavy atom. The van der Waals surface area contributed by atoms with Gasteiger partial charge in [-0.3, -0.25) is 4.90 Å². The molecule has 1 aliphatic rings. The molecule has 0 bridgehead atoms. The molecule has 118 valence electrons. The highest BCUT2D eigenvalue weighted by molar-refractivity contribution is 5.50. The molecular formula is C16H26N2O3. The van der Waals surface area contributed by atoms with Crippen LogP contribution in [-0.2, 0) is 0 Å². The largest absolute Gasteiger partial charge is 0.496 e. The van der Waals surface area contributed by atoms with E-state index < -0.39 is 0 Å². The Labute approximate surface area is 126 Å². The number of piperazine rings is 1. The molecule has 0 aliphatic carbocycles. The smallest absolute Gasteiger partial charge is 0.127 e. The Hall–Kier alpha value is -1.30. The normalized spacial score (nSPS) is 17.5. The third kappa shape index (κ3) is 3.67. The van der Waals surface area contributed by atoms with Crippen molar-refractivity contribution in [3.8, 4) is 11.5 Å². The summed E-state index contributed by atoms with van der Waals surface area (Å²) in [6, 6.07) is 4.18.